The van der Waals surface area contributed by atoms with Crippen molar-refractivity contribution in [2.24, 2.45) is 0 Å². The number of thiazole rings is 1. The molecule has 0 atom stereocenters. The molecule has 1 N–H and O–H groups in total. The van der Waals surface area contributed by atoms with Crippen LogP contribution in [-0.2, 0) is 19.5 Å². The Labute approximate surface area is 170 Å². The summed E-state index contributed by atoms with van der Waals surface area (Å²) in [4.78, 5) is 29.1. The largest absolute Gasteiger partial charge is 0.462 e. The Bertz CT molecular complexity index is 976. The Morgan fingerprint density at radius 2 is 2.04 bits per heavy atom. The predicted octanol–water partition coefficient (Wildman–Crippen LogP) is 1.96. The predicted molar refractivity (Wildman–Crippen MR) is 105 cm³/mol. The van der Waals surface area contributed by atoms with Gasteiger partial charge in [-0.3, -0.25) is 10.1 Å². The normalized spacial score (nSPS) is 15.4. The van der Waals surface area contributed by atoms with Gasteiger partial charge in [0.1, 0.15) is 14.6 Å². The zero-order chi connectivity index (χ0) is 20.3. The Morgan fingerprint density at radius 1 is 1.32 bits per heavy atom. The molecule has 0 aliphatic carbocycles. The zero-order valence-corrected chi connectivity index (χ0v) is 17.7. The van der Waals surface area contributed by atoms with Gasteiger partial charge in [0.2, 0.25) is 10.0 Å². The first-order valence-corrected chi connectivity index (χ1v) is 11.6. The first-order chi connectivity index (χ1) is 13.3. The van der Waals surface area contributed by atoms with Crippen molar-refractivity contribution < 1.29 is 27.5 Å². The number of esters is 1. The summed E-state index contributed by atoms with van der Waals surface area (Å²) in [6.45, 7) is 4.69. The smallest absolute Gasteiger partial charge is 0.350 e. The molecule has 3 rings (SSSR count). The number of aromatic nitrogens is 1. The summed E-state index contributed by atoms with van der Waals surface area (Å²) in [5.41, 5.74) is 0.436. The van der Waals surface area contributed by atoms with Crippen LogP contribution in [0.3, 0.4) is 0 Å². The number of hydrogen-bond acceptors (Lipinski definition) is 9. The van der Waals surface area contributed by atoms with Gasteiger partial charge in [-0.25, -0.2) is 18.2 Å². The molecule has 1 amide bonds. The van der Waals surface area contributed by atoms with Crippen LogP contribution < -0.4 is 5.32 Å². The summed E-state index contributed by atoms with van der Waals surface area (Å²) in [7, 11) is -3.80. The lowest BCUT2D eigenvalue weighted by Crippen LogP contribution is -2.41. The van der Waals surface area contributed by atoms with E-state index >= 15 is 0 Å². The van der Waals surface area contributed by atoms with E-state index in [1.54, 1.807) is 19.2 Å². The Morgan fingerprint density at radius 3 is 2.71 bits per heavy atom. The Balaban J connectivity index is 1.81. The van der Waals surface area contributed by atoms with Crippen LogP contribution in [0, 0.1) is 6.92 Å². The molecule has 152 valence electrons. The van der Waals surface area contributed by atoms with Crippen LogP contribution in [0.1, 0.15) is 32.0 Å². The number of hydrogen-bond donors (Lipinski definition) is 1. The number of nitrogens with zero attached hydrogens (tertiary/aromatic N) is 2. The number of anilines is 1. The molecule has 12 heteroatoms. The van der Waals surface area contributed by atoms with E-state index in [0.717, 1.165) is 22.7 Å². The number of nitrogens with one attached hydrogen (secondary N) is 1. The number of morpholine rings is 1. The summed E-state index contributed by atoms with van der Waals surface area (Å²) in [6.07, 6.45) is 0. The zero-order valence-electron chi connectivity index (χ0n) is 15.3. The van der Waals surface area contributed by atoms with Crippen LogP contribution in [0.15, 0.2) is 16.3 Å². The van der Waals surface area contributed by atoms with Crippen LogP contribution in [0.2, 0.25) is 0 Å². The third kappa shape index (κ3) is 4.25. The topological polar surface area (TPSA) is 115 Å². The van der Waals surface area contributed by atoms with Gasteiger partial charge in [0.25, 0.3) is 5.91 Å². The molecule has 1 fully saturated rings. The van der Waals surface area contributed by atoms with Crippen molar-refractivity contribution in [1.82, 2.24) is 9.29 Å². The van der Waals surface area contributed by atoms with Gasteiger partial charge in [0, 0.05) is 13.1 Å². The lowest BCUT2D eigenvalue weighted by Gasteiger charge is -2.25. The number of thiophene rings is 1. The number of carbonyl (C=O) groups excluding carboxylic acids is 2. The van der Waals surface area contributed by atoms with E-state index in [0.29, 0.717) is 23.8 Å². The van der Waals surface area contributed by atoms with Crippen molar-refractivity contribution in [3.63, 3.8) is 0 Å². The quantitative estimate of drug-likeness (QED) is 0.676. The fourth-order valence-corrected chi connectivity index (χ4v) is 6.14. The van der Waals surface area contributed by atoms with Crippen LogP contribution in [0.25, 0.3) is 0 Å². The third-order valence-electron chi connectivity index (χ3n) is 3.90. The van der Waals surface area contributed by atoms with E-state index < -0.39 is 21.9 Å². The van der Waals surface area contributed by atoms with Crippen molar-refractivity contribution in [2.75, 3.05) is 38.2 Å². The third-order valence-corrected chi connectivity index (χ3v) is 7.94. The highest BCUT2D eigenvalue weighted by Gasteiger charge is 2.31. The van der Waals surface area contributed by atoms with Gasteiger partial charge < -0.3 is 9.47 Å². The van der Waals surface area contributed by atoms with Crippen molar-refractivity contribution in [3.8, 4) is 0 Å². The first-order valence-electron chi connectivity index (χ1n) is 8.46. The maximum absolute atomic E-state index is 12.9. The molecule has 0 radical (unpaired) electrons. The molecule has 1 saturated heterocycles. The molecule has 1 aliphatic heterocycles. The maximum atomic E-state index is 12.9. The number of carbonyl (C=O) groups is 2. The van der Waals surface area contributed by atoms with Crippen LogP contribution in [0.5, 0.6) is 0 Å². The SMILES string of the molecule is CCOC(=O)c1sc(NC(=O)c2sccc2S(=O)(=O)N2CCOCC2)nc1C. The van der Waals surface area contributed by atoms with Gasteiger partial charge in [-0.1, -0.05) is 11.3 Å². The minimum absolute atomic E-state index is 0.0456. The molecule has 2 aromatic heterocycles. The number of aryl methyl sites for hydroxylation is 1. The highest BCUT2D eigenvalue weighted by atomic mass is 32.2. The standard InChI is InChI=1S/C16H19N3O6S3/c1-3-25-15(21)12-10(2)17-16(27-12)18-14(20)13-11(4-9-26-13)28(22,23)19-5-7-24-8-6-19/h4,9H,3,5-8H2,1-2H3,(H,17,18,20). The van der Waals surface area contributed by atoms with Gasteiger partial charge in [0.05, 0.1) is 25.5 Å². The van der Waals surface area contributed by atoms with Crippen molar-refractivity contribution in [1.29, 1.82) is 0 Å². The minimum Gasteiger partial charge on any atom is -0.462 e. The Kier molecular flexibility index (Phi) is 6.45. The van der Waals surface area contributed by atoms with Crippen molar-refractivity contribution in [2.45, 2.75) is 18.7 Å². The lowest BCUT2D eigenvalue weighted by molar-refractivity contribution is 0.0531. The van der Waals surface area contributed by atoms with E-state index in [2.05, 4.69) is 10.3 Å². The summed E-state index contributed by atoms with van der Waals surface area (Å²) < 4.78 is 37.2. The minimum atomic E-state index is -3.80. The number of ether oxygens (including phenoxy) is 2. The second-order valence-corrected chi connectivity index (χ2v) is 9.56. The van der Waals surface area contributed by atoms with Gasteiger partial charge in [-0.15, -0.1) is 11.3 Å². The summed E-state index contributed by atoms with van der Waals surface area (Å²) in [5.74, 6) is -1.10. The second kappa shape index (κ2) is 8.66. The molecule has 0 spiro atoms. The van der Waals surface area contributed by atoms with Crippen LogP contribution in [0.4, 0.5) is 5.13 Å². The second-order valence-electron chi connectivity index (χ2n) is 5.74. The molecule has 2 aromatic rings. The maximum Gasteiger partial charge on any atom is 0.350 e. The van der Waals surface area contributed by atoms with Crippen molar-refractivity contribution in [3.05, 3.63) is 26.9 Å². The molecular weight excluding hydrogens is 426 g/mol. The molecule has 0 saturated carbocycles. The fourth-order valence-electron chi connectivity index (χ4n) is 2.58. The molecule has 28 heavy (non-hydrogen) atoms. The van der Waals surface area contributed by atoms with Crippen molar-refractivity contribution >= 4 is 49.7 Å². The van der Waals surface area contributed by atoms with E-state index in [-0.39, 0.29) is 34.6 Å². The van der Waals surface area contributed by atoms with Gasteiger partial charge in [-0.2, -0.15) is 4.31 Å². The first kappa shape index (κ1) is 20.9. The van der Waals surface area contributed by atoms with Crippen LogP contribution in [-0.4, -0.2) is 62.5 Å². The van der Waals surface area contributed by atoms with Gasteiger partial charge >= 0.3 is 5.97 Å². The molecule has 0 aromatic carbocycles. The monoisotopic (exact) mass is 445 g/mol. The average molecular weight is 446 g/mol. The summed E-state index contributed by atoms with van der Waals surface area (Å²) in [5, 5.41) is 4.34. The van der Waals surface area contributed by atoms with E-state index in [1.807, 2.05) is 0 Å². The van der Waals surface area contributed by atoms with Gasteiger partial charge in [0.15, 0.2) is 5.13 Å². The summed E-state index contributed by atoms with van der Waals surface area (Å²) >= 11 is 2.01. The molecular formula is C16H19N3O6S3. The fraction of sp³-hybridized carbons (Fsp3) is 0.438. The summed E-state index contributed by atoms with van der Waals surface area (Å²) in [6, 6.07) is 1.42. The number of amides is 1. The molecule has 9 nitrogen and oxygen atoms in total. The molecule has 0 unspecified atom stereocenters. The Hall–Kier alpha value is -1.86. The number of rotatable bonds is 6. The van der Waals surface area contributed by atoms with Gasteiger partial charge in [-0.05, 0) is 25.3 Å². The van der Waals surface area contributed by atoms with E-state index in [1.165, 1.54) is 10.4 Å². The average Bonchev–Trinajstić information content (AvgIpc) is 3.30. The number of sulfonamides is 1. The lowest BCUT2D eigenvalue weighted by atomic mass is 10.4. The van der Waals surface area contributed by atoms with Crippen LogP contribution >= 0.6 is 22.7 Å². The molecule has 3 heterocycles. The molecule has 0 bridgehead atoms. The molecule has 1 aliphatic rings. The highest BCUT2D eigenvalue weighted by Crippen LogP contribution is 2.28. The van der Waals surface area contributed by atoms with E-state index in [4.69, 9.17) is 9.47 Å². The van der Waals surface area contributed by atoms with E-state index in [9.17, 15) is 18.0 Å². The highest BCUT2D eigenvalue weighted by molar-refractivity contribution is 7.89.